The number of guanidine groups is 1. The molecule has 5 rings (SSSR count). The van der Waals surface area contributed by atoms with Gasteiger partial charge in [0.25, 0.3) is 5.56 Å². The first kappa shape index (κ1) is 21.5. The van der Waals surface area contributed by atoms with Crippen molar-refractivity contribution in [2.24, 2.45) is 20.7 Å². The van der Waals surface area contributed by atoms with Crippen molar-refractivity contribution in [1.82, 2.24) is 9.55 Å². The van der Waals surface area contributed by atoms with Gasteiger partial charge in [-0.3, -0.25) is 15.7 Å². The molecule has 2 aromatic heterocycles. The molecule has 0 amide bonds. The van der Waals surface area contributed by atoms with E-state index in [9.17, 15) is 10.2 Å². The van der Waals surface area contributed by atoms with Crippen LogP contribution in [0, 0.1) is 0 Å². The molecule has 1 aromatic carbocycles. The van der Waals surface area contributed by atoms with E-state index in [1.807, 2.05) is 47.7 Å². The van der Waals surface area contributed by atoms with Crippen molar-refractivity contribution in [3.8, 4) is 17.0 Å². The van der Waals surface area contributed by atoms with Crippen LogP contribution in [-0.2, 0) is 0 Å². The van der Waals surface area contributed by atoms with Gasteiger partial charge in [0.1, 0.15) is 0 Å². The van der Waals surface area contributed by atoms with Crippen LogP contribution < -0.4 is 16.0 Å². The maximum atomic E-state index is 13.9. The molecule has 0 radical (unpaired) electrons. The van der Waals surface area contributed by atoms with Crippen LogP contribution >= 0.6 is 0 Å². The lowest BCUT2D eigenvalue weighted by Crippen LogP contribution is -2.25. The van der Waals surface area contributed by atoms with Crippen molar-refractivity contribution in [2.75, 3.05) is 7.11 Å². The summed E-state index contributed by atoms with van der Waals surface area (Å²) in [4.78, 5) is 30.8. The Morgan fingerprint density at radius 3 is 2.79 bits per heavy atom. The quantitative estimate of drug-likeness (QED) is 0.594. The number of aliphatic imine (C=N–C) groups is 3. The molecule has 3 aromatic rings. The number of benzene rings is 1. The second-order valence-electron chi connectivity index (χ2n) is 8.22. The third-order valence-corrected chi connectivity index (χ3v) is 5.93. The molecule has 1 aliphatic carbocycles. The third kappa shape index (κ3) is 3.82. The van der Waals surface area contributed by atoms with Crippen molar-refractivity contribution in [2.45, 2.75) is 31.8 Å². The minimum absolute atomic E-state index is 0.0424. The molecule has 1 atom stereocenters. The van der Waals surface area contributed by atoms with Gasteiger partial charge in [-0.05, 0) is 42.8 Å². The van der Waals surface area contributed by atoms with Crippen molar-refractivity contribution >= 4 is 34.7 Å². The summed E-state index contributed by atoms with van der Waals surface area (Å²) in [6, 6.07) is 11.2. The number of rotatable bonds is 5. The first-order chi connectivity index (χ1) is 16.5. The molecule has 1 fully saturated rings. The molecular weight excluding hydrogens is 430 g/mol. The van der Waals surface area contributed by atoms with Gasteiger partial charge in [0, 0.05) is 35.8 Å². The maximum Gasteiger partial charge on any atom is 0.259 e. The highest BCUT2D eigenvalue weighted by Gasteiger charge is 2.30. The zero-order valence-electron chi connectivity index (χ0n) is 18.8. The lowest BCUT2D eigenvalue weighted by molar-refractivity contribution is 0.398. The Balaban J connectivity index is 1.68. The molecule has 1 saturated carbocycles. The van der Waals surface area contributed by atoms with Gasteiger partial charge in [0.2, 0.25) is 11.8 Å². The van der Waals surface area contributed by atoms with Crippen LogP contribution in [0.15, 0.2) is 67.9 Å². The Labute approximate surface area is 195 Å². The van der Waals surface area contributed by atoms with E-state index in [2.05, 4.69) is 20.0 Å². The topological polar surface area (TPSA) is 130 Å². The van der Waals surface area contributed by atoms with Gasteiger partial charge in [0.05, 0.1) is 24.1 Å². The number of ether oxygens (including phenoxy) is 1. The zero-order valence-corrected chi connectivity index (χ0v) is 18.8. The summed E-state index contributed by atoms with van der Waals surface area (Å²) in [6.45, 7) is 1.89. The normalized spacial score (nSPS) is 17.5. The van der Waals surface area contributed by atoms with Crippen LogP contribution in [0.2, 0.25) is 0 Å². The Morgan fingerprint density at radius 2 is 2.12 bits per heavy atom. The van der Waals surface area contributed by atoms with E-state index in [1.54, 1.807) is 19.4 Å². The van der Waals surface area contributed by atoms with Gasteiger partial charge < -0.3 is 20.4 Å². The van der Waals surface area contributed by atoms with Crippen LogP contribution in [0.25, 0.3) is 27.3 Å². The van der Waals surface area contributed by atoms with E-state index in [1.165, 1.54) is 6.21 Å². The molecule has 0 bridgehead atoms. The summed E-state index contributed by atoms with van der Waals surface area (Å²) in [6.07, 6.45) is 4.93. The van der Waals surface area contributed by atoms with E-state index in [4.69, 9.17) is 10.5 Å². The highest BCUT2D eigenvalue weighted by atomic mass is 16.5. The number of pyridine rings is 2. The number of hydrogen-bond acceptors (Lipinski definition) is 6. The molecule has 0 saturated heterocycles. The molecule has 1 unspecified atom stereocenters. The smallest absolute Gasteiger partial charge is 0.259 e. The predicted molar refractivity (Wildman–Crippen MR) is 134 cm³/mol. The Kier molecular flexibility index (Phi) is 5.39. The third-order valence-electron chi connectivity index (χ3n) is 5.93. The number of fused-ring (bicyclic) bond motifs is 1. The fourth-order valence-corrected chi connectivity index (χ4v) is 4.14. The van der Waals surface area contributed by atoms with Gasteiger partial charge in [-0.2, -0.15) is 4.99 Å². The lowest BCUT2D eigenvalue weighted by Gasteiger charge is -2.19. The molecule has 3 heterocycles. The number of nitrogens with zero attached hydrogens (tertiary/aromatic N) is 6. The number of amidine groups is 1. The molecular formula is C25H22N7O2-. The number of methoxy groups -OCH3 is 1. The maximum absolute atomic E-state index is 13.9. The summed E-state index contributed by atoms with van der Waals surface area (Å²) in [5.41, 5.74) is 8.31. The van der Waals surface area contributed by atoms with E-state index in [0.717, 1.165) is 35.0 Å². The zero-order chi connectivity index (χ0) is 23.8. The van der Waals surface area contributed by atoms with Crippen LogP contribution in [0.5, 0.6) is 5.88 Å². The highest BCUT2D eigenvalue weighted by molar-refractivity contribution is 6.28. The molecule has 9 nitrogen and oxygen atoms in total. The summed E-state index contributed by atoms with van der Waals surface area (Å²) in [7, 11) is 1.57. The Hall–Kier alpha value is -4.36. The minimum Gasteiger partial charge on any atom is -0.763 e. The van der Waals surface area contributed by atoms with Crippen LogP contribution in [0.3, 0.4) is 0 Å². The van der Waals surface area contributed by atoms with Gasteiger partial charge >= 0.3 is 0 Å². The van der Waals surface area contributed by atoms with Crippen molar-refractivity contribution in [3.05, 3.63) is 69.6 Å². The molecule has 9 heteroatoms. The van der Waals surface area contributed by atoms with Crippen molar-refractivity contribution in [3.63, 3.8) is 0 Å². The predicted octanol–water partition coefficient (Wildman–Crippen LogP) is 3.43. The van der Waals surface area contributed by atoms with Crippen LogP contribution in [-0.4, -0.2) is 40.5 Å². The fraction of sp³-hybridized carbons (Fsp3) is 0.240. The average molecular weight is 452 g/mol. The lowest BCUT2D eigenvalue weighted by atomic mass is 9.99. The van der Waals surface area contributed by atoms with Gasteiger partial charge in [-0.1, -0.05) is 18.2 Å². The molecule has 0 spiro atoms. The Bertz CT molecular complexity index is 1490. The average Bonchev–Trinajstić information content (AvgIpc) is 3.69. The van der Waals surface area contributed by atoms with Gasteiger partial charge in [-0.15, -0.1) is 0 Å². The van der Waals surface area contributed by atoms with Gasteiger partial charge in [0.15, 0.2) is 5.84 Å². The first-order valence-corrected chi connectivity index (χ1v) is 10.9. The SMILES string of the molecule is COc1ccc(-c2cccc3cc(C(C)N=C4N=C(N)N=CC4=C=[N-])n(C4CC4)c(=O)c23)cn1. The summed E-state index contributed by atoms with van der Waals surface area (Å²) in [5.74, 6) is 2.82. The fourth-order valence-electron chi connectivity index (χ4n) is 4.14. The van der Waals surface area contributed by atoms with E-state index < -0.39 is 6.04 Å². The second-order valence-corrected chi connectivity index (χ2v) is 8.22. The minimum atomic E-state index is -0.426. The first-order valence-electron chi connectivity index (χ1n) is 10.9. The monoisotopic (exact) mass is 452 g/mol. The molecule has 34 heavy (non-hydrogen) atoms. The van der Waals surface area contributed by atoms with Crippen molar-refractivity contribution in [1.29, 1.82) is 0 Å². The standard InChI is InChI=1S/C25H22N7O2/c1-14(30-23-17(11-26)13-29-25(27)31-23)20-10-15-4-3-5-19(16-6-9-21(34-2)28-12-16)22(15)24(33)32(20)18-7-8-18/h3-6,9-10,12-14,18H,7-8H2,1-2H3,(H2,27,30,31)/q-1. The van der Waals surface area contributed by atoms with Gasteiger partial charge in [-0.25, -0.2) is 9.98 Å². The molecule has 2 aliphatic rings. The molecule has 1 aliphatic heterocycles. The summed E-state index contributed by atoms with van der Waals surface area (Å²) in [5, 5.41) is 10.9. The largest absolute Gasteiger partial charge is 0.763 e. The summed E-state index contributed by atoms with van der Waals surface area (Å²) >= 11 is 0. The van der Waals surface area contributed by atoms with E-state index in [-0.39, 0.29) is 29.0 Å². The summed E-state index contributed by atoms with van der Waals surface area (Å²) < 4.78 is 7.01. The highest BCUT2D eigenvalue weighted by Crippen LogP contribution is 2.38. The van der Waals surface area contributed by atoms with E-state index in [0.29, 0.717) is 11.3 Å². The molecule has 170 valence electrons. The second kappa shape index (κ2) is 8.53. The number of nitrogens with two attached hydrogens (primary N) is 1. The number of aromatic nitrogens is 2. The van der Waals surface area contributed by atoms with Crippen LogP contribution in [0.4, 0.5) is 0 Å². The number of hydrogen-bond donors (Lipinski definition) is 1. The Morgan fingerprint density at radius 1 is 1.29 bits per heavy atom. The van der Waals surface area contributed by atoms with Crippen molar-refractivity contribution < 1.29 is 4.74 Å². The molecule has 2 N–H and O–H groups in total. The van der Waals surface area contributed by atoms with E-state index >= 15 is 0 Å². The van der Waals surface area contributed by atoms with Crippen LogP contribution in [0.1, 0.15) is 37.5 Å².